The number of anilines is 1. The number of hydrogen-bond acceptors (Lipinski definition) is 4. The second-order valence-electron chi connectivity index (χ2n) is 8.71. The lowest BCUT2D eigenvalue weighted by atomic mass is 9.80. The highest BCUT2D eigenvalue weighted by Crippen LogP contribution is 2.43. The normalized spacial score (nSPS) is 23.1. The lowest BCUT2D eigenvalue weighted by Crippen LogP contribution is -2.45. The number of carbonyl (C=O) groups is 1. The molecule has 2 aromatic carbocycles. The van der Waals surface area contributed by atoms with Gasteiger partial charge in [-0.2, -0.15) is 0 Å². The molecule has 4 nitrogen and oxygen atoms in total. The Hall–Kier alpha value is -2.24. The number of halogens is 1. The van der Waals surface area contributed by atoms with Crippen molar-refractivity contribution in [3.63, 3.8) is 0 Å². The van der Waals surface area contributed by atoms with Crippen LogP contribution in [0.2, 0.25) is 5.02 Å². The molecule has 1 amide bonds. The third kappa shape index (κ3) is 4.01. The smallest absolute Gasteiger partial charge is 0.264 e. The molecule has 4 rings (SSSR count). The SMILES string of the molecule is Cc1ccc(Cl)cc1N=C1NC(=O)/C(=C\c2ccc3c(c2)C(C)CC(C)(C)N3C)S1. The summed E-state index contributed by atoms with van der Waals surface area (Å²) in [6.07, 6.45) is 3.04. The van der Waals surface area contributed by atoms with E-state index < -0.39 is 0 Å². The van der Waals surface area contributed by atoms with Gasteiger partial charge < -0.3 is 10.2 Å². The summed E-state index contributed by atoms with van der Waals surface area (Å²) in [5.41, 5.74) is 5.54. The van der Waals surface area contributed by atoms with Gasteiger partial charge in [-0.05, 0) is 91.9 Å². The van der Waals surface area contributed by atoms with Crippen molar-refractivity contribution in [2.45, 2.75) is 45.6 Å². The number of carbonyl (C=O) groups excluding carboxylic acids is 1. The third-order valence-electron chi connectivity index (χ3n) is 6.00. The van der Waals surface area contributed by atoms with E-state index in [2.05, 4.69) is 61.2 Å². The van der Waals surface area contributed by atoms with Gasteiger partial charge in [0.05, 0.1) is 10.6 Å². The van der Waals surface area contributed by atoms with E-state index in [1.165, 1.54) is 23.0 Å². The predicted molar refractivity (Wildman–Crippen MR) is 129 cm³/mol. The van der Waals surface area contributed by atoms with Crippen LogP contribution in [0.15, 0.2) is 46.3 Å². The molecule has 6 heteroatoms. The van der Waals surface area contributed by atoms with Crippen molar-refractivity contribution < 1.29 is 4.79 Å². The highest BCUT2D eigenvalue weighted by atomic mass is 35.5. The number of aliphatic imine (C=N–C) groups is 1. The van der Waals surface area contributed by atoms with Crippen LogP contribution in [-0.4, -0.2) is 23.7 Å². The van der Waals surface area contributed by atoms with Gasteiger partial charge in [-0.3, -0.25) is 4.79 Å². The molecule has 2 aliphatic heterocycles. The minimum absolute atomic E-state index is 0.123. The number of hydrogen-bond donors (Lipinski definition) is 1. The van der Waals surface area contributed by atoms with Crippen LogP contribution in [0.1, 0.15) is 49.8 Å². The van der Waals surface area contributed by atoms with Crippen molar-refractivity contribution in [1.29, 1.82) is 0 Å². The number of nitrogens with zero attached hydrogens (tertiary/aromatic N) is 2. The monoisotopic (exact) mass is 439 g/mol. The van der Waals surface area contributed by atoms with Gasteiger partial charge in [-0.25, -0.2) is 4.99 Å². The maximum atomic E-state index is 12.5. The van der Waals surface area contributed by atoms with Crippen molar-refractivity contribution in [3.8, 4) is 0 Å². The molecule has 2 aromatic rings. The summed E-state index contributed by atoms with van der Waals surface area (Å²) >= 11 is 7.44. The van der Waals surface area contributed by atoms with Crippen LogP contribution in [0, 0.1) is 6.92 Å². The van der Waals surface area contributed by atoms with Gasteiger partial charge in [-0.1, -0.05) is 30.7 Å². The number of aryl methyl sites for hydroxylation is 1. The standard InChI is InChI=1S/C24H26ClN3OS/c1-14-6-8-17(25)12-19(14)26-23-27-22(29)21(30-23)11-16-7-9-20-18(10-16)15(2)13-24(3,4)28(20)5/h6-12,15H,13H2,1-5H3,(H,26,27,29)/b21-11+. The molecule has 0 radical (unpaired) electrons. The Balaban J connectivity index is 1.62. The number of amides is 1. The lowest BCUT2D eigenvalue weighted by Gasteiger charge is -2.45. The van der Waals surface area contributed by atoms with Gasteiger partial charge in [-0.15, -0.1) is 0 Å². The minimum atomic E-state index is -0.123. The van der Waals surface area contributed by atoms with Crippen LogP contribution >= 0.6 is 23.4 Å². The summed E-state index contributed by atoms with van der Waals surface area (Å²) < 4.78 is 0. The van der Waals surface area contributed by atoms with E-state index in [1.54, 1.807) is 6.07 Å². The first kappa shape index (κ1) is 21.0. The van der Waals surface area contributed by atoms with Crippen molar-refractivity contribution >= 4 is 51.9 Å². The fourth-order valence-electron chi connectivity index (χ4n) is 4.13. The van der Waals surface area contributed by atoms with Gasteiger partial charge in [0.25, 0.3) is 5.91 Å². The molecule has 156 valence electrons. The summed E-state index contributed by atoms with van der Waals surface area (Å²) in [5, 5.41) is 4.06. The summed E-state index contributed by atoms with van der Waals surface area (Å²) in [6, 6.07) is 12.0. The molecule has 30 heavy (non-hydrogen) atoms. The van der Waals surface area contributed by atoms with Crippen LogP contribution in [0.25, 0.3) is 6.08 Å². The number of amidine groups is 1. The Bertz CT molecular complexity index is 1090. The fourth-order valence-corrected chi connectivity index (χ4v) is 5.13. The molecule has 0 saturated carbocycles. The molecule has 0 aliphatic carbocycles. The third-order valence-corrected chi connectivity index (χ3v) is 7.14. The van der Waals surface area contributed by atoms with Crippen LogP contribution in [0.5, 0.6) is 0 Å². The van der Waals surface area contributed by atoms with Crippen LogP contribution in [0.4, 0.5) is 11.4 Å². The molecule has 1 atom stereocenters. The molecule has 2 aliphatic rings. The largest absolute Gasteiger partial charge is 0.369 e. The predicted octanol–water partition coefficient (Wildman–Crippen LogP) is 6.26. The van der Waals surface area contributed by atoms with E-state index in [-0.39, 0.29) is 11.4 Å². The second-order valence-corrected chi connectivity index (χ2v) is 10.2. The van der Waals surface area contributed by atoms with E-state index in [0.29, 0.717) is 21.0 Å². The topological polar surface area (TPSA) is 44.7 Å². The Kier molecular flexibility index (Phi) is 5.45. The molecule has 0 aromatic heterocycles. The first-order valence-corrected chi connectivity index (χ1v) is 11.3. The first-order chi connectivity index (χ1) is 14.1. The van der Waals surface area contributed by atoms with Gasteiger partial charge in [0.2, 0.25) is 0 Å². The Labute approximate surface area is 187 Å². The second kappa shape index (κ2) is 7.78. The highest BCUT2D eigenvalue weighted by Gasteiger charge is 2.34. The van der Waals surface area contributed by atoms with Crippen molar-refractivity contribution in [3.05, 3.63) is 63.0 Å². The molecule has 0 spiro atoms. The minimum Gasteiger partial charge on any atom is -0.369 e. The van der Waals surface area contributed by atoms with Gasteiger partial charge >= 0.3 is 0 Å². The van der Waals surface area contributed by atoms with E-state index in [1.807, 2.05) is 25.1 Å². The van der Waals surface area contributed by atoms with Crippen molar-refractivity contribution in [2.24, 2.45) is 4.99 Å². The molecule has 0 bridgehead atoms. The van der Waals surface area contributed by atoms with Gasteiger partial charge in [0, 0.05) is 23.3 Å². The highest BCUT2D eigenvalue weighted by molar-refractivity contribution is 8.18. The van der Waals surface area contributed by atoms with Crippen molar-refractivity contribution in [2.75, 3.05) is 11.9 Å². The van der Waals surface area contributed by atoms with E-state index in [4.69, 9.17) is 11.6 Å². The Morgan fingerprint density at radius 2 is 2.03 bits per heavy atom. The average molecular weight is 440 g/mol. The number of thioether (sulfide) groups is 1. The summed E-state index contributed by atoms with van der Waals surface area (Å²) in [5.74, 6) is 0.347. The Morgan fingerprint density at radius 1 is 1.27 bits per heavy atom. The maximum Gasteiger partial charge on any atom is 0.264 e. The molecule has 2 heterocycles. The molecular weight excluding hydrogens is 414 g/mol. The van der Waals surface area contributed by atoms with E-state index in [9.17, 15) is 4.79 Å². The molecule has 1 fully saturated rings. The average Bonchev–Trinajstić information content (AvgIpc) is 3.01. The summed E-state index contributed by atoms with van der Waals surface area (Å²) in [4.78, 5) is 20.1. The quantitative estimate of drug-likeness (QED) is 0.561. The van der Waals surface area contributed by atoms with Crippen molar-refractivity contribution in [1.82, 2.24) is 5.32 Å². The molecule has 1 saturated heterocycles. The Morgan fingerprint density at radius 3 is 2.80 bits per heavy atom. The number of benzene rings is 2. The van der Waals surface area contributed by atoms with E-state index in [0.717, 1.165) is 23.2 Å². The van der Waals surface area contributed by atoms with Crippen LogP contribution in [0.3, 0.4) is 0 Å². The lowest BCUT2D eigenvalue weighted by molar-refractivity contribution is -0.115. The van der Waals surface area contributed by atoms with Crippen LogP contribution in [-0.2, 0) is 4.79 Å². The first-order valence-electron chi connectivity index (χ1n) is 10.1. The van der Waals surface area contributed by atoms with Gasteiger partial charge in [0.1, 0.15) is 0 Å². The van der Waals surface area contributed by atoms with E-state index >= 15 is 0 Å². The molecular formula is C24H26ClN3OS. The maximum absolute atomic E-state index is 12.5. The summed E-state index contributed by atoms with van der Waals surface area (Å²) in [7, 11) is 2.16. The summed E-state index contributed by atoms with van der Waals surface area (Å²) in [6.45, 7) is 8.81. The number of nitrogens with one attached hydrogen (secondary N) is 1. The van der Waals surface area contributed by atoms with Gasteiger partial charge in [0.15, 0.2) is 5.17 Å². The van der Waals surface area contributed by atoms with Crippen LogP contribution < -0.4 is 10.2 Å². The molecule has 1 unspecified atom stereocenters. The zero-order valence-corrected chi connectivity index (χ0v) is 19.5. The fraction of sp³-hybridized carbons (Fsp3) is 0.333. The number of fused-ring (bicyclic) bond motifs is 1. The zero-order valence-electron chi connectivity index (χ0n) is 17.9. The number of rotatable bonds is 2. The zero-order chi connectivity index (χ0) is 21.6. The molecule has 1 N–H and O–H groups in total.